The highest BCUT2D eigenvalue weighted by Crippen LogP contribution is 2.59. The van der Waals surface area contributed by atoms with Crippen LogP contribution in [0.5, 0.6) is 0 Å². The number of ether oxygens (including phenoxy) is 4. The lowest BCUT2D eigenvalue weighted by molar-refractivity contribution is -0.699. The molecule has 0 aromatic heterocycles. The summed E-state index contributed by atoms with van der Waals surface area (Å²) in [5.74, 6) is 0.0575. The SMILES string of the molecule is CC1CC(=O)C2C(CC3OC(C)(C)[C@@H]4OC(=O)[C@@]5(O[C@@H]5CCC5CC[NH2+]C(N)C5)C5CCC(CC5)[C@@H]4C3C2O)O1. The van der Waals surface area contributed by atoms with Crippen LogP contribution in [-0.2, 0) is 28.5 Å². The van der Waals surface area contributed by atoms with Crippen molar-refractivity contribution in [3.63, 3.8) is 0 Å². The van der Waals surface area contributed by atoms with Gasteiger partial charge in [0.2, 0.25) is 0 Å². The van der Waals surface area contributed by atoms with Crippen molar-refractivity contribution < 1.29 is 39.0 Å². The van der Waals surface area contributed by atoms with Gasteiger partial charge in [0.15, 0.2) is 5.60 Å². The summed E-state index contributed by atoms with van der Waals surface area (Å²) in [5.41, 5.74) is 4.61. The van der Waals surface area contributed by atoms with Gasteiger partial charge in [0, 0.05) is 37.0 Å². The summed E-state index contributed by atoms with van der Waals surface area (Å²) < 4.78 is 25.8. The molecule has 6 heterocycles. The molecule has 6 aliphatic heterocycles. The maximum absolute atomic E-state index is 14.1. The fourth-order valence-electron chi connectivity index (χ4n) is 10.1. The molecule has 0 radical (unpaired) electrons. The molecule has 2 bridgehead atoms. The molecular weight excluding hydrogens is 512 g/mol. The van der Waals surface area contributed by atoms with Crippen molar-refractivity contribution in [2.24, 2.45) is 41.2 Å². The highest BCUT2D eigenvalue weighted by molar-refractivity contribution is 5.85. The largest absolute Gasteiger partial charge is 0.457 e. The maximum atomic E-state index is 14.1. The third kappa shape index (κ3) is 4.41. The molecule has 0 aromatic carbocycles. The molecule has 8 fully saturated rings. The first kappa shape index (κ1) is 27.7. The molecule has 8 aliphatic rings. The van der Waals surface area contributed by atoms with Crippen LogP contribution < -0.4 is 11.1 Å². The number of carbonyl (C=O) groups is 2. The summed E-state index contributed by atoms with van der Waals surface area (Å²) in [5, 5.41) is 14.0. The molecular formula is C31H49N2O7+. The number of aliphatic hydroxyl groups is 1. The van der Waals surface area contributed by atoms with Crippen LogP contribution in [0.25, 0.3) is 0 Å². The Hall–Kier alpha value is -1.10. The van der Waals surface area contributed by atoms with Crippen LogP contribution in [0.3, 0.4) is 0 Å². The number of epoxide rings is 1. The number of Topliss-reactive ketones (excluding diaryl/α,β-unsaturated/α-hetero) is 1. The summed E-state index contributed by atoms with van der Waals surface area (Å²) >= 11 is 0. The van der Waals surface area contributed by atoms with E-state index in [-0.39, 0.29) is 60.1 Å². The van der Waals surface area contributed by atoms with Gasteiger partial charge in [-0.1, -0.05) is 0 Å². The highest BCUT2D eigenvalue weighted by atomic mass is 16.7. The first-order chi connectivity index (χ1) is 19.1. The predicted molar refractivity (Wildman–Crippen MR) is 144 cm³/mol. The van der Waals surface area contributed by atoms with Gasteiger partial charge in [-0.2, -0.15) is 0 Å². The normalized spacial score (nSPS) is 53.4. The fraction of sp³-hybridized carbons (Fsp3) is 0.935. The Morgan fingerprint density at radius 3 is 2.52 bits per heavy atom. The summed E-state index contributed by atoms with van der Waals surface area (Å²) in [6.07, 6.45) is 6.87. The molecule has 5 N–H and O–H groups in total. The molecule has 8 rings (SSSR count). The van der Waals surface area contributed by atoms with Crippen LogP contribution in [0.2, 0.25) is 0 Å². The summed E-state index contributed by atoms with van der Waals surface area (Å²) in [4.78, 5) is 27.3. The zero-order valence-corrected chi connectivity index (χ0v) is 24.3. The topological polar surface area (TPSA) is 137 Å². The van der Waals surface area contributed by atoms with Gasteiger partial charge in [0.05, 0.1) is 43.0 Å². The van der Waals surface area contributed by atoms with Crippen LogP contribution >= 0.6 is 0 Å². The van der Waals surface area contributed by atoms with Gasteiger partial charge in [-0.3, -0.25) is 10.5 Å². The van der Waals surface area contributed by atoms with Crippen LogP contribution in [0, 0.1) is 35.5 Å². The highest BCUT2D eigenvalue weighted by Gasteiger charge is 2.71. The van der Waals surface area contributed by atoms with Gasteiger partial charge in [0.25, 0.3) is 0 Å². The number of piperidine rings is 1. The van der Waals surface area contributed by atoms with Crippen LogP contribution in [0.15, 0.2) is 0 Å². The van der Waals surface area contributed by atoms with Crippen molar-refractivity contribution in [2.45, 2.75) is 139 Å². The second-order valence-corrected chi connectivity index (χ2v) is 14.8. The molecule has 40 heavy (non-hydrogen) atoms. The van der Waals surface area contributed by atoms with E-state index >= 15 is 0 Å². The van der Waals surface area contributed by atoms with Crippen molar-refractivity contribution in [2.75, 3.05) is 6.54 Å². The number of hydrogen-bond acceptors (Lipinski definition) is 8. The van der Waals surface area contributed by atoms with Crippen LogP contribution in [0.4, 0.5) is 0 Å². The van der Waals surface area contributed by atoms with E-state index in [0.717, 1.165) is 57.9 Å². The number of hydrogen-bond donors (Lipinski definition) is 3. The lowest BCUT2D eigenvalue weighted by Gasteiger charge is -2.58. The molecule has 0 amide bonds. The average molecular weight is 562 g/mol. The Kier molecular flexibility index (Phi) is 6.92. The van der Waals surface area contributed by atoms with E-state index < -0.39 is 29.3 Å². The van der Waals surface area contributed by atoms with Gasteiger partial charge >= 0.3 is 5.97 Å². The smallest absolute Gasteiger partial charge is 0.341 e. The Balaban J connectivity index is 1.14. The molecule has 9 nitrogen and oxygen atoms in total. The number of rotatable bonds is 3. The van der Waals surface area contributed by atoms with E-state index in [1.807, 2.05) is 20.8 Å². The number of fused-ring (bicyclic) bond motifs is 5. The van der Waals surface area contributed by atoms with E-state index in [1.165, 1.54) is 0 Å². The third-order valence-corrected chi connectivity index (χ3v) is 12.0. The quantitative estimate of drug-likeness (QED) is 0.348. The minimum atomic E-state index is -0.859. The molecule has 0 aromatic rings. The monoisotopic (exact) mass is 561 g/mol. The lowest BCUT2D eigenvalue weighted by atomic mass is 9.57. The number of nitrogens with two attached hydrogens (primary N) is 2. The Morgan fingerprint density at radius 2 is 1.77 bits per heavy atom. The number of aliphatic hydroxyl groups excluding tert-OH is 1. The molecule has 224 valence electrons. The number of ketones is 1. The van der Waals surface area contributed by atoms with E-state index in [0.29, 0.717) is 24.7 Å². The van der Waals surface area contributed by atoms with E-state index in [4.69, 9.17) is 24.7 Å². The van der Waals surface area contributed by atoms with E-state index in [9.17, 15) is 14.7 Å². The second kappa shape index (κ2) is 9.98. The molecule has 2 aliphatic carbocycles. The van der Waals surface area contributed by atoms with E-state index in [1.54, 1.807) is 0 Å². The lowest BCUT2D eigenvalue weighted by Crippen LogP contribution is -2.94. The molecule has 1 spiro atoms. The van der Waals surface area contributed by atoms with Gasteiger partial charge in [0.1, 0.15) is 23.7 Å². The van der Waals surface area contributed by atoms with Crippen LogP contribution in [0.1, 0.15) is 85.0 Å². The molecule has 8 unspecified atom stereocenters. The first-order valence-electron chi connectivity index (χ1n) is 16.1. The van der Waals surface area contributed by atoms with Gasteiger partial charge < -0.3 is 29.4 Å². The second-order valence-electron chi connectivity index (χ2n) is 14.8. The van der Waals surface area contributed by atoms with Crippen molar-refractivity contribution in [1.29, 1.82) is 0 Å². The summed E-state index contributed by atoms with van der Waals surface area (Å²) in [6, 6.07) is 0. The fourth-order valence-corrected chi connectivity index (χ4v) is 10.1. The number of quaternary nitrogens is 1. The molecule has 2 saturated carbocycles. The Bertz CT molecular complexity index is 1010. The predicted octanol–water partition coefficient (Wildman–Crippen LogP) is 1.43. The summed E-state index contributed by atoms with van der Waals surface area (Å²) in [6.45, 7) is 7.04. The van der Waals surface area contributed by atoms with Crippen molar-refractivity contribution in [3.05, 3.63) is 0 Å². The minimum absolute atomic E-state index is 0.0610. The molecule has 9 heteroatoms. The van der Waals surface area contributed by atoms with Crippen LogP contribution in [-0.4, -0.2) is 77.4 Å². The van der Waals surface area contributed by atoms with Crippen molar-refractivity contribution in [3.8, 4) is 0 Å². The zero-order valence-electron chi connectivity index (χ0n) is 24.3. The standard InChI is InChI=1S/C31H48N2O7/c1-15-12-19(34)25-20(37-15)14-21-26(27(25)35)24-17-5-7-18(8-6-17)31(29(36)38-28(24)30(2,3)39-21)22(40-31)9-4-16-10-11-33-23(32)13-16/h15-18,20-28,33,35H,4-14,32H2,1-3H3/p+1/t15?,16?,17?,18?,20?,21?,22-,23?,24-,25?,26?,27?,28-,31-/m1/s1. The third-order valence-electron chi connectivity index (χ3n) is 12.0. The van der Waals surface area contributed by atoms with Crippen molar-refractivity contribution >= 4 is 11.8 Å². The van der Waals surface area contributed by atoms with Crippen molar-refractivity contribution in [1.82, 2.24) is 0 Å². The Labute approximate surface area is 237 Å². The Morgan fingerprint density at radius 1 is 1.00 bits per heavy atom. The molecule has 6 saturated heterocycles. The van der Waals surface area contributed by atoms with E-state index in [2.05, 4.69) is 5.32 Å². The van der Waals surface area contributed by atoms with Gasteiger partial charge in [-0.15, -0.1) is 0 Å². The van der Waals surface area contributed by atoms with Gasteiger partial charge in [-0.25, -0.2) is 4.79 Å². The average Bonchev–Trinajstić information content (AvgIpc) is 3.61. The zero-order chi connectivity index (χ0) is 28.0. The maximum Gasteiger partial charge on any atom is 0.341 e. The number of esters is 1. The minimum Gasteiger partial charge on any atom is -0.457 e. The number of carbonyl (C=O) groups excluding carboxylic acids is 2. The summed E-state index contributed by atoms with van der Waals surface area (Å²) in [7, 11) is 0. The van der Waals surface area contributed by atoms with Gasteiger partial charge in [-0.05, 0) is 77.6 Å². The molecule has 12 atom stereocenters. The first-order valence-corrected chi connectivity index (χ1v) is 16.1.